The highest BCUT2D eigenvalue weighted by atomic mass is 16.6. The molecule has 7 heteroatoms. The van der Waals surface area contributed by atoms with Crippen molar-refractivity contribution in [1.82, 2.24) is 4.98 Å². The highest BCUT2D eigenvalue weighted by Crippen LogP contribution is 2.35. The molecule has 1 aromatic heterocycles. The highest BCUT2D eigenvalue weighted by Gasteiger charge is 2.16. The van der Waals surface area contributed by atoms with E-state index in [1.807, 2.05) is 18.2 Å². The summed E-state index contributed by atoms with van der Waals surface area (Å²) in [6.07, 6.45) is 2.46. The van der Waals surface area contributed by atoms with Crippen LogP contribution >= 0.6 is 0 Å². The minimum atomic E-state index is -0.401. The molecule has 25 heavy (non-hydrogen) atoms. The van der Waals surface area contributed by atoms with Crippen LogP contribution in [-0.4, -0.2) is 23.1 Å². The predicted molar refractivity (Wildman–Crippen MR) is 93.7 cm³/mol. The van der Waals surface area contributed by atoms with Gasteiger partial charge in [0.05, 0.1) is 29.2 Å². The first kappa shape index (κ1) is 15.2. The number of hydrogen-bond acceptors (Lipinski definition) is 6. The maximum Gasteiger partial charge on any atom is 0.278 e. The van der Waals surface area contributed by atoms with Gasteiger partial charge in [0, 0.05) is 30.4 Å². The average molecular weight is 337 g/mol. The fraction of sp³-hybridized carbons (Fsp3) is 0.167. The van der Waals surface area contributed by atoms with E-state index < -0.39 is 4.92 Å². The Bertz CT molecular complexity index is 958. The zero-order valence-electron chi connectivity index (χ0n) is 13.3. The molecule has 1 N–H and O–H groups in total. The van der Waals surface area contributed by atoms with Crippen LogP contribution in [0.4, 0.5) is 17.1 Å². The molecule has 0 aliphatic carbocycles. The lowest BCUT2D eigenvalue weighted by molar-refractivity contribution is -0.383. The number of anilines is 2. The summed E-state index contributed by atoms with van der Waals surface area (Å²) in [7, 11) is 0. The van der Waals surface area contributed by atoms with Crippen molar-refractivity contribution in [2.24, 2.45) is 0 Å². The molecule has 0 fully saturated rings. The topological polar surface area (TPSA) is 86.5 Å². The summed E-state index contributed by atoms with van der Waals surface area (Å²) in [5.74, 6) is 1.40. The zero-order chi connectivity index (χ0) is 17.2. The fourth-order valence-corrected chi connectivity index (χ4v) is 2.81. The van der Waals surface area contributed by atoms with Gasteiger partial charge in [-0.05, 0) is 30.3 Å². The maximum atomic E-state index is 11.2. The van der Waals surface area contributed by atoms with E-state index in [2.05, 4.69) is 10.3 Å². The minimum Gasteiger partial charge on any atom is -0.490 e. The first-order valence-electron chi connectivity index (χ1n) is 7.91. The number of ether oxygens (including phenoxy) is 2. The Kier molecular flexibility index (Phi) is 3.81. The second-order valence-electron chi connectivity index (χ2n) is 5.63. The van der Waals surface area contributed by atoms with Crippen molar-refractivity contribution in [3.63, 3.8) is 0 Å². The van der Waals surface area contributed by atoms with Crippen LogP contribution in [0.2, 0.25) is 0 Å². The Labute approximate surface area is 143 Å². The van der Waals surface area contributed by atoms with E-state index in [0.717, 1.165) is 17.9 Å². The molecule has 0 spiro atoms. The molecule has 3 aromatic rings. The van der Waals surface area contributed by atoms with Crippen LogP contribution in [0.15, 0.2) is 48.7 Å². The summed E-state index contributed by atoms with van der Waals surface area (Å²) >= 11 is 0. The number of rotatable bonds is 3. The van der Waals surface area contributed by atoms with Crippen molar-refractivity contribution in [2.75, 3.05) is 18.5 Å². The number of non-ortho nitro benzene ring substituents is 1. The van der Waals surface area contributed by atoms with Crippen molar-refractivity contribution < 1.29 is 14.4 Å². The van der Waals surface area contributed by atoms with Gasteiger partial charge < -0.3 is 14.8 Å². The number of pyridine rings is 1. The third-order valence-electron chi connectivity index (χ3n) is 3.97. The van der Waals surface area contributed by atoms with Gasteiger partial charge in [-0.2, -0.15) is 0 Å². The first-order valence-corrected chi connectivity index (χ1v) is 7.91. The maximum absolute atomic E-state index is 11.2. The van der Waals surface area contributed by atoms with E-state index in [0.29, 0.717) is 35.6 Å². The van der Waals surface area contributed by atoms with Crippen LogP contribution in [-0.2, 0) is 0 Å². The van der Waals surface area contributed by atoms with Gasteiger partial charge in [0.25, 0.3) is 5.69 Å². The van der Waals surface area contributed by atoms with Crippen LogP contribution in [0, 0.1) is 10.1 Å². The molecule has 0 saturated heterocycles. The van der Waals surface area contributed by atoms with Gasteiger partial charge >= 0.3 is 0 Å². The van der Waals surface area contributed by atoms with Gasteiger partial charge in [0.15, 0.2) is 11.5 Å². The van der Waals surface area contributed by atoms with Crippen LogP contribution in [0.5, 0.6) is 11.5 Å². The normalized spacial score (nSPS) is 13.3. The van der Waals surface area contributed by atoms with Gasteiger partial charge in [0.2, 0.25) is 0 Å². The molecule has 1 aliphatic heterocycles. The Hall–Kier alpha value is -3.35. The predicted octanol–water partition coefficient (Wildman–Crippen LogP) is 4.05. The van der Waals surface area contributed by atoms with Crippen LogP contribution < -0.4 is 14.8 Å². The van der Waals surface area contributed by atoms with Gasteiger partial charge in [-0.15, -0.1) is 0 Å². The molecule has 126 valence electrons. The second kappa shape index (κ2) is 6.27. The van der Waals surface area contributed by atoms with Gasteiger partial charge in [-0.25, -0.2) is 0 Å². The number of fused-ring (bicyclic) bond motifs is 2. The highest BCUT2D eigenvalue weighted by molar-refractivity contribution is 5.97. The lowest BCUT2D eigenvalue weighted by atomic mass is 10.1. The largest absolute Gasteiger partial charge is 0.490 e. The average Bonchev–Trinajstić information content (AvgIpc) is 2.86. The summed E-state index contributed by atoms with van der Waals surface area (Å²) in [5, 5.41) is 15.0. The molecule has 0 atom stereocenters. The van der Waals surface area contributed by atoms with Crippen molar-refractivity contribution in [1.29, 1.82) is 0 Å². The molecule has 0 unspecified atom stereocenters. The van der Waals surface area contributed by atoms with Gasteiger partial charge in [-0.3, -0.25) is 15.1 Å². The number of nitro benzene ring substituents is 1. The Morgan fingerprint density at radius 1 is 1.08 bits per heavy atom. The first-order chi connectivity index (χ1) is 12.2. The molecule has 1 aliphatic rings. The molecule has 2 aromatic carbocycles. The van der Waals surface area contributed by atoms with E-state index in [1.54, 1.807) is 24.4 Å². The van der Waals surface area contributed by atoms with Crippen molar-refractivity contribution in [3.05, 3.63) is 58.8 Å². The lowest BCUT2D eigenvalue weighted by Crippen LogP contribution is -1.98. The van der Waals surface area contributed by atoms with Crippen molar-refractivity contribution in [3.8, 4) is 11.5 Å². The molecular formula is C18H15N3O4. The molecule has 0 amide bonds. The molecule has 4 rings (SSSR count). The summed E-state index contributed by atoms with van der Waals surface area (Å²) in [6, 6.07) is 12.1. The summed E-state index contributed by atoms with van der Waals surface area (Å²) in [6.45, 7) is 1.25. The van der Waals surface area contributed by atoms with E-state index in [1.165, 1.54) is 6.07 Å². The lowest BCUT2D eigenvalue weighted by Gasteiger charge is -2.12. The molecule has 2 heterocycles. The van der Waals surface area contributed by atoms with E-state index in [9.17, 15) is 10.1 Å². The molecule has 0 radical (unpaired) electrons. The Balaban J connectivity index is 1.73. The minimum absolute atomic E-state index is 0.0345. The van der Waals surface area contributed by atoms with Crippen molar-refractivity contribution >= 4 is 28.0 Å². The third-order valence-corrected chi connectivity index (χ3v) is 3.97. The number of nitro groups is 1. The Morgan fingerprint density at radius 2 is 1.92 bits per heavy atom. The quantitative estimate of drug-likeness (QED) is 0.573. The standard InChI is InChI=1S/C18H15N3O4/c22-21(23)15-6-5-14(18-13(15)3-1-8-19-18)20-12-4-7-16-17(11-12)25-10-2-9-24-16/h1,3-8,11,20H,2,9-10H2. The monoisotopic (exact) mass is 337 g/mol. The Morgan fingerprint density at radius 3 is 2.76 bits per heavy atom. The number of nitrogens with one attached hydrogen (secondary N) is 1. The fourth-order valence-electron chi connectivity index (χ4n) is 2.81. The van der Waals surface area contributed by atoms with E-state index in [-0.39, 0.29) is 5.69 Å². The summed E-state index contributed by atoms with van der Waals surface area (Å²) in [5.41, 5.74) is 2.07. The molecule has 0 saturated carbocycles. The second-order valence-corrected chi connectivity index (χ2v) is 5.63. The molecule has 7 nitrogen and oxygen atoms in total. The van der Waals surface area contributed by atoms with Gasteiger partial charge in [-0.1, -0.05) is 0 Å². The van der Waals surface area contributed by atoms with Crippen LogP contribution in [0.3, 0.4) is 0 Å². The smallest absolute Gasteiger partial charge is 0.278 e. The van der Waals surface area contributed by atoms with E-state index >= 15 is 0 Å². The van der Waals surface area contributed by atoms with Gasteiger partial charge in [0.1, 0.15) is 5.52 Å². The number of hydrogen-bond donors (Lipinski definition) is 1. The van der Waals surface area contributed by atoms with Crippen LogP contribution in [0.1, 0.15) is 6.42 Å². The molecule has 0 bridgehead atoms. The number of aromatic nitrogens is 1. The van der Waals surface area contributed by atoms with Crippen molar-refractivity contribution in [2.45, 2.75) is 6.42 Å². The summed E-state index contributed by atoms with van der Waals surface area (Å²) in [4.78, 5) is 15.1. The number of nitrogens with zero attached hydrogens (tertiary/aromatic N) is 2. The molecular weight excluding hydrogens is 322 g/mol. The summed E-state index contributed by atoms with van der Waals surface area (Å²) < 4.78 is 11.3. The van der Waals surface area contributed by atoms with E-state index in [4.69, 9.17) is 9.47 Å². The van der Waals surface area contributed by atoms with Crippen LogP contribution in [0.25, 0.3) is 10.9 Å². The zero-order valence-corrected chi connectivity index (χ0v) is 13.3. The number of benzene rings is 2. The SMILES string of the molecule is O=[N+]([O-])c1ccc(Nc2ccc3c(c2)OCCCO3)c2ncccc12. The third kappa shape index (κ3) is 2.91.